The number of benzene rings is 3. The molecule has 1 unspecified atom stereocenters. The van der Waals surface area contributed by atoms with Crippen LogP contribution >= 0.6 is 11.6 Å². The number of rotatable bonds is 9. The molecule has 2 nitrogen and oxygen atoms in total. The normalized spacial score (nSPS) is 19.3. The number of aromatic hydroxyl groups is 1. The highest BCUT2D eigenvalue weighted by atomic mass is 35.5. The first-order valence-corrected chi connectivity index (χ1v) is 14.5. The van der Waals surface area contributed by atoms with Crippen molar-refractivity contribution < 1.29 is 14.2 Å². The Morgan fingerprint density at radius 3 is 2.53 bits per heavy atom. The highest BCUT2D eigenvalue weighted by Crippen LogP contribution is 2.42. The van der Waals surface area contributed by atoms with Gasteiger partial charge in [-0.2, -0.15) is 0 Å². The fourth-order valence-corrected chi connectivity index (χ4v) is 6.34. The number of hydrogen-bond donors (Lipinski definition) is 1. The third-order valence-corrected chi connectivity index (χ3v) is 8.65. The Bertz CT molecular complexity index is 1280. The summed E-state index contributed by atoms with van der Waals surface area (Å²) < 4.78 is 18.8. The van der Waals surface area contributed by atoms with Gasteiger partial charge in [0.1, 0.15) is 11.5 Å². The molecule has 2 atom stereocenters. The van der Waals surface area contributed by atoms with E-state index in [4.69, 9.17) is 16.3 Å². The monoisotopic (exact) mass is 532 g/mol. The van der Waals surface area contributed by atoms with E-state index in [1.807, 2.05) is 12.1 Å². The molecule has 0 spiro atoms. The van der Waals surface area contributed by atoms with Crippen molar-refractivity contribution in [2.45, 2.75) is 77.2 Å². The number of unbranched alkanes of at least 4 members (excludes halogenated alkanes) is 2. The van der Waals surface area contributed by atoms with Crippen molar-refractivity contribution in [3.63, 3.8) is 0 Å². The van der Waals surface area contributed by atoms with Crippen LogP contribution < -0.4 is 4.74 Å². The Morgan fingerprint density at radius 1 is 0.921 bits per heavy atom. The van der Waals surface area contributed by atoms with Crippen molar-refractivity contribution in [1.29, 1.82) is 0 Å². The summed E-state index contributed by atoms with van der Waals surface area (Å²) in [5.41, 5.74) is 8.34. The summed E-state index contributed by atoms with van der Waals surface area (Å²) in [6, 6.07) is 20.6. The maximum absolute atomic E-state index is 12.4. The number of allylic oxidation sites excluding steroid dienone is 1. The summed E-state index contributed by atoms with van der Waals surface area (Å²) in [4.78, 5) is 0. The van der Waals surface area contributed by atoms with Gasteiger partial charge in [-0.3, -0.25) is 4.39 Å². The van der Waals surface area contributed by atoms with Crippen molar-refractivity contribution >= 4 is 22.7 Å². The summed E-state index contributed by atoms with van der Waals surface area (Å²) in [6.45, 7) is 1.86. The van der Waals surface area contributed by atoms with Gasteiger partial charge in [0.2, 0.25) is 0 Å². The average Bonchev–Trinajstić information content (AvgIpc) is 3.27. The van der Waals surface area contributed by atoms with Crippen LogP contribution in [0.3, 0.4) is 0 Å². The molecule has 1 fully saturated rings. The van der Waals surface area contributed by atoms with Gasteiger partial charge in [0.05, 0.1) is 12.8 Å². The van der Waals surface area contributed by atoms with Crippen LogP contribution in [0.25, 0.3) is 11.1 Å². The van der Waals surface area contributed by atoms with Gasteiger partial charge in [-0.05, 0) is 127 Å². The molecule has 3 aromatic rings. The van der Waals surface area contributed by atoms with Gasteiger partial charge in [-0.25, -0.2) is 0 Å². The molecule has 38 heavy (non-hydrogen) atoms. The lowest BCUT2D eigenvalue weighted by atomic mass is 9.87. The molecule has 1 N–H and O–H groups in total. The van der Waals surface area contributed by atoms with Gasteiger partial charge >= 0.3 is 0 Å². The Balaban J connectivity index is 1.40. The van der Waals surface area contributed by atoms with Crippen LogP contribution in [-0.4, -0.2) is 17.9 Å². The zero-order valence-corrected chi connectivity index (χ0v) is 23.1. The molecule has 5 rings (SSSR count). The molecule has 0 aromatic heterocycles. The highest BCUT2D eigenvalue weighted by Gasteiger charge is 2.26. The molecule has 0 aliphatic heterocycles. The summed E-state index contributed by atoms with van der Waals surface area (Å²) in [7, 11) is 0. The third-order valence-electron chi connectivity index (χ3n) is 8.22. The van der Waals surface area contributed by atoms with Crippen LogP contribution in [0.2, 0.25) is 5.02 Å². The maximum atomic E-state index is 12.4. The number of alkyl halides is 1. The van der Waals surface area contributed by atoms with Gasteiger partial charge < -0.3 is 9.84 Å². The van der Waals surface area contributed by atoms with Crippen LogP contribution in [0.1, 0.15) is 85.6 Å². The minimum absolute atomic E-state index is 0.196. The minimum Gasteiger partial charge on any atom is -0.508 e. The first-order valence-electron chi connectivity index (χ1n) is 14.2. The van der Waals surface area contributed by atoms with Gasteiger partial charge in [0.25, 0.3) is 0 Å². The molecule has 0 radical (unpaired) electrons. The van der Waals surface area contributed by atoms with E-state index in [9.17, 15) is 9.50 Å². The molecule has 0 bridgehead atoms. The largest absolute Gasteiger partial charge is 0.508 e. The zero-order valence-electron chi connectivity index (χ0n) is 22.3. The summed E-state index contributed by atoms with van der Waals surface area (Å²) in [5.74, 6) is 1.93. The molecule has 1 saturated carbocycles. The first kappa shape index (κ1) is 26.8. The van der Waals surface area contributed by atoms with E-state index in [-0.39, 0.29) is 12.8 Å². The Morgan fingerprint density at radius 2 is 1.74 bits per heavy atom. The predicted octanol–water partition coefficient (Wildman–Crippen LogP) is 9.73. The number of halogens is 2. The highest BCUT2D eigenvalue weighted by molar-refractivity contribution is 6.31. The van der Waals surface area contributed by atoms with E-state index in [1.54, 1.807) is 6.07 Å². The topological polar surface area (TPSA) is 29.5 Å². The van der Waals surface area contributed by atoms with Crippen LogP contribution in [0, 0.1) is 12.8 Å². The van der Waals surface area contributed by atoms with E-state index in [0.717, 1.165) is 66.8 Å². The molecular formula is C34H38ClFO2. The third kappa shape index (κ3) is 6.26. The van der Waals surface area contributed by atoms with Crippen LogP contribution in [0.5, 0.6) is 11.5 Å². The predicted molar refractivity (Wildman–Crippen MR) is 156 cm³/mol. The molecule has 0 saturated heterocycles. The van der Waals surface area contributed by atoms with Crippen LogP contribution in [0.15, 0.2) is 60.7 Å². The second-order valence-electron chi connectivity index (χ2n) is 11.0. The Labute approximate surface area is 231 Å². The number of ether oxygens (including phenoxy) is 1. The second kappa shape index (κ2) is 12.4. The van der Waals surface area contributed by atoms with Gasteiger partial charge in [0, 0.05) is 5.02 Å². The first-order chi connectivity index (χ1) is 18.5. The smallest absolute Gasteiger partial charge is 0.119 e. The van der Waals surface area contributed by atoms with E-state index in [0.29, 0.717) is 18.1 Å². The molecule has 0 heterocycles. The van der Waals surface area contributed by atoms with Crippen molar-refractivity contribution in [2.24, 2.45) is 5.92 Å². The van der Waals surface area contributed by atoms with E-state index in [2.05, 4.69) is 49.4 Å². The number of phenolic OH excluding ortho intramolecular Hbond substituents is 1. The lowest BCUT2D eigenvalue weighted by Gasteiger charge is -2.19. The summed E-state index contributed by atoms with van der Waals surface area (Å²) in [5, 5.41) is 11.0. The second-order valence-corrected chi connectivity index (χ2v) is 11.4. The molecule has 3 aromatic carbocycles. The van der Waals surface area contributed by atoms with Gasteiger partial charge in [-0.1, -0.05) is 61.2 Å². The van der Waals surface area contributed by atoms with E-state index in [1.165, 1.54) is 40.7 Å². The quantitative estimate of drug-likeness (QED) is 0.278. The Kier molecular flexibility index (Phi) is 8.74. The van der Waals surface area contributed by atoms with Crippen molar-refractivity contribution in [2.75, 3.05) is 6.67 Å². The number of hydrogen-bond acceptors (Lipinski definition) is 2. The lowest BCUT2D eigenvalue weighted by Crippen LogP contribution is -2.12. The maximum Gasteiger partial charge on any atom is 0.119 e. The van der Waals surface area contributed by atoms with E-state index >= 15 is 0 Å². The fraction of sp³-hybridized carbons (Fsp3) is 0.412. The van der Waals surface area contributed by atoms with Crippen molar-refractivity contribution in [3.05, 3.63) is 93.5 Å². The minimum atomic E-state index is -0.196. The van der Waals surface area contributed by atoms with Crippen molar-refractivity contribution in [3.8, 4) is 11.5 Å². The van der Waals surface area contributed by atoms with Crippen LogP contribution in [0.4, 0.5) is 4.39 Å². The number of aryl methyl sites for hydroxylation is 2. The standard InChI is InChI=1S/C34H38ClFO2/c1-23-20-27(12-18-33(23)35)31-8-5-7-26-22-28(37)13-17-32(26)34(31)25-10-15-29(16-11-25)38-30-14-9-24(21-30)6-3-2-4-19-36/h10-13,15-18,20,22,24,30,37H,2-9,14,19,21H2,1H3/t24?,30-/m0/s1. The molecule has 4 heteroatoms. The molecule has 0 amide bonds. The summed E-state index contributed by atoms with van der Waals surface area (Å²) >= 11 is 6.37. The average molecular weight is 533 g/mol. The van der Waals surface area contributed by atoms with E-state index < -0.39 is 0 Å². The SMILES string of the molecule is Cc1cc(C2=C(c3ccc(O[C@H]4CCC(CCCCCF)C4)cc3)c3ccc(O)cc3CCC2)ccc1Cl. The van der Waals surface area contributed by atoms with Gasteiger partial charge in [-0.15, -0.1) is 0 Å². The summed E-state index contributed by atoms with van der Waals surface area (Å²) in [6.07, 6.45) is 10.6. The molecule has 200 valence electrons. The molecule has 2 aliphatic rings. The number of fused-ring (bicyclic) bond motifs is 1. The Hall–Kier alpha value is -2.78. The molecule has 2 aliphatic carbocycles. The number of phenols is 1. The van der Waals surface area contributed by atoms with Gasteiger partial charge in [0.15, 0.2) is 0 Å². The lowest BCUT2D eigenvalue weighted by molar-refractivity contribution is 0.203. The fourth-order valence-electron chi connectivity index (χ4n) is 6.22. The van der Waals surface area contributed by atoms with Crippen molar-refractivity contribution in [1.82, 2.24) is 0 Å². The molecular weight excluding hydrogens is 495 g/mol. The zero-order chi connectivity index (χ0) is 26.5. The van der Waals surface area contributed by atoms with Crippen LogP contribution in [-0.2, 0) is 6.42 Å².